The van der Waals surface area contributed by atoms with Gasteiger partial charge < -0.3 is 15.2 Å². The van der Waals surface area contributed by atoms with Crippen LogP contribution in [-0.4, -0.2) is 24.4 Å². The van der Waals surface area contributed by atoms with E-state index in [9.17, 15) is 5.11 Å². The summed E-state index contributed by atoms with van der Waals surface area (Å²) < 4.78 is 5.47. The lowest BCUT2D eigenvalue weighted by molar-refractivity contribution is 0.0297. The summed E-state index contributed by atoms with van der Waals surface area (Å²) in [4.78, 5) is 3.80. The molecule has 0 aliphatic heterocycles. The van der Waals surface area contributed by atoms with Gasteiger partial charge in [0.2, 0.25) is 0 Å². The first-order chi connectivity index (χ1) is 9.24. The molecule has 3 nitrogen and oxygen atoms in total. The summed E-state index contributed by atoms with van der Waals surface area (Å²) in [5, 5.41) is 15.0. The molecule has 0 fully saturated rings. The van der Waals surface area contributed by atoms with Crippen LogP contribution in [0.25, 0.3) is 0 Å². The molecule has 2 heterocycles. The van der Waals surface area contributed by atoms with Gasteiger partial charge in [-0.3, -0.25) is 0 Å². The van der Waals surface area contributed by atoms with Crippen LogP contribution in [0.2, 0.25) is 0 Å². The molecule has 0 aromatic carbocycles. The maximum atomic E-state index is 9.78. The van der Waals surface area contributed by atoms with Gasteiger partial charge in [-0.15, -0.1) is 22.7 Å². The Morgan fingerprint density at radius 1 is 1.32 bits per heavy atom. The summed E-state index contributed by atoms with van der Waals surface area (Å²) in [5.41, 5.74) is 0. The highest BCUT2D eigenvalue weighted by atomic mass is 32.1. The van der Waals surface area contributed by atoms with Crippen molar-refractivity contribution in [3.63, 3.8) is 0 Å². The van der Waals surface area contributed by atoms with Gasteiger partial charge in [-0.05, 0) is 30.5 Å². The molecule has 0 spiro atoms. The van der Waals surface area contributed by atoms with Crippen molar-refractivity contribution in [1.82, 2.24) is 5.32 Å². The zero-order valence-corrected chi connectivity index (χ0v) is 12.6. The molecule has 2 rings (SSSR count). The molecule has 0 bridgehead atoms. The fraction of sp³-hybridized carbons (Fsp3) is 0.429. The third kappa shape index (κ3) is 5.42. The summed E-state index contributed by atoms with van der Waals surface area (Å²) in [6, 6.07) is 8.27. The van der Waals surface area contributed by atoms with E-state index in [2.05, 4.69) is 24.4 Å². The minimum absolute atomic E-state index is 0.369. The molecule has 1 unspecified atom stereocenters. The Morgan fingerprint density at radius 3 is 2.89 bits per heavy atom. The van der Waals surface area contributed by atoms with Crippen LogP contribution >= 0.6 is 22.7 Å². The Morgan fingerprint density at radius 2 is 2.21 bits per heavy atom. The van der Waals surface area contributed by atoms with Gasteiger partial charge in [0.15, 0.2) is 0 Å². The Hall–Kier alpha value is -0.720. The van der Waals surface area contributed by atoms with Crippen molar-refractivity contribution in [2.45, 2.75) is 26.2 Å². The number of aryl methyl sites for hydroxylation is 1. The second-order valence-electron chi connectivity index (χ2n) is 4.39. The number of aliphatic hydroxyl groups excluding tert-OH is 1. The molecule has 1 atom stereocenters. The van der Waals surface area contributed by atoms with Crippen LogP contribution in [0.4, 0.5) is 0 Å². The molecule has 5 heteroatoms. The predicted molar refractivity (Wildman–Crippen MR) is 80.7 cm³/mol. The molecule has 104 valence electrons. The number of aliphatic hydroxyl groups is 1. The predicted octanol–water partition coefficient (Wildman–Crippen LogP) is 2.79. The van der Waals surface area contributed by atoms with Crippen molar-refractivity contribution in [3.05, 3.63) is 44.3 Å². The topological polar surface area (TPSA) is 41.5 Å². The SMILES string of the molecule is Cc1ccc(CNCC(O)COCc2cccs2)s1. The lowest BCUT2D eigenvalue weighted by Crippen LogP contribution is -2.29. The molecule has 2 aromatic rings. The number of ether oxygens (including phenoxy) is 1. The van der Waals surface area contributed by atoms with E-state index in [0.29, 0.717) is 19.8 Å². The normalized spacial score (nSPS) is 12.7. The fourth-order valence-electron chi connectivity index (χ4n) is 1.69. The molecule has 0 aliphatic rings. The van der Waals surface area contributed by atoms with Gasteiger partial charge in [-0.2, -0.15) is 0 Å². The average Bonchev–Trinajstić information content (AvgIpc) is 3.01. The zero-order valence-electron chi connectivity index (χ0n) is 11.0. The molecule has 0 saturated carbocycles. The van der Waals surface area contributed by atoms with Gasteiger partial charge in [-0.1, -0.05) is 6.07 Å². The fourth-order valence-corrected chi connectivity index (χ4v) is 3.19. The highest BCUT2D eigenvalue weighted by molar-refractivity contribution is 7.11. The van der Waals surface area contributed by atoms with Gasteiger partial charge in [0, 0.05) is 27.7 Å². The standard InChI is InChI=1S/C14H19NO2S2/c1-11-4-5-13(19-11)8-15-7-12(16)9-17-10-14-3-2-6-18-14/h2-6,12,15-16H,7-10H2,1H3. The number of hydrogen-bond acceptors (Lipinski definition) is 5. The second-order valence-corrected chi connectivity index (χ2v) is 6.80. The van der Waals surface area contributed by atoms with Crippen molar-refractivity contribution >= 4 is 22.7 Å². The van der Waals surface area contributed by atoms with E-state index >= 15 is 0 Å². The minimum atomic E-state index is -0.457. The zero-order chi connectivity index (χ0) is 13.5. The number of nitrogens with one attached hydrogen (secondary N) is 1. The minimum Gasteiger partial charge on any atom is -0.389 e. The maximum absolute atomic E-state index is 9.78. The third-order valence-corrected chi connectivity index (χ3v) is 4.46. The Bertz CT molecular complexity index is 468. The smallest absolute Gasteiger partial charge is 0.0897 e. The molecule has 0 radical (unpaired) electrons. The highest BCUT2D eigenvalue weighted by Gasteiger charge is 2.05. The van der Waals surface area contributed by atoms with E-state index in [4.69, 9.17) is 4.74 Å². The first-order valence-corrected chi connectivity index (χ1v) is 7.98. The quantitative estimate of drug-likeness (QED) is 0.787. The first-order valence-electron chi connectivity index (χ1n) is 6.28. The van der Waals surface area contributed by atoms with Crippen LogP contribution in [0.15, 0.2) is 29.6 Å². The van der Waals surface area contributed by atoms with Gasteiger partial charge in [0.05, 0.1) is 19.3 Å². The van der Waals surface area contributed by atoms with Gasteiger partial charge in [0.1, 0.15) is 0 Å². The van der Waals surface area contributed by atoms with E-state index in [1.807, 2.05) is 17.5 Å². The van der Waals surface area contributed by atoms with Crippen LogP contribution < -0.4 is 5.32 Å². The summed E-state index contributed by atoms with van der Waals surface area (Å²) in [7, 11) is 0. The van der Waals surface area contributed by atoms with Crippen molar-refractivity contribution in [3.8, 4) is 0 Å². The average molecular weight is 297 g/mol. The van der Waals surface area contributed by atoms with Crippen LogP contribution in [0.3, 0.4) is 0 Å². The number of rotatable bonds is 8. The van der Waals surface area contributed by atoms with E-state index in [1.165, 1.54) is 14.6 Å². The lowest BCUT2D eigenvalue weighted by atomic mass is 10.3. The van der Waals surface area contributed by atoms with E-state index in [0.717, 1.165) is 6.54 Å². The van der Waals surface area contributed by atoms with Crippen molar-refractivity contribution in [1.29, 1.82) is 0 Å². The summed E-state index contributed by atoms with van der Waals surface area (Å²) in [5.74, 6) is 0. The molecule has 0 amide bonds. The Kier molecular flexibility index (Phi) is 6.00. The maximum Gasteiger partial charge on any atom is 0.0897 e. The molecule has 2 N–H and O–H groups in total. The molecular weight excluding hydrogens is 278 g/mol. The third-order valence-electron chi connectivity index (χ3n) is 2.61. The molecule has 0 aliphatic carbocycles. The van der Waals surface area contributed by atoms with Gasteiger partial charge in [0.25, 0.3) is 0 Å². The molecular formula is C14H19NO2S2. The van der Waals surface area contributed by atoms with Crippen LogP contribution in [0, 0.1) is 6.92 Å². The van der Waals surface area contributed by atoms with E-state index < -0.39 is 6.10 Å². The first kappa shape index (κ1) is 14.7. The van der Waals surface area contributed by atoms with Crippen molar-refractivity contribution in [2.75, 3.05) is 13.2 Å². The lowest BCUT2D eigenvalue weighted by Gasteiger charge is -2.11. The molecule has 19 heavy (non-hydrogen) atoms. The largest absolute Gasteiger partial charge is 0.389 e. The summed E-state index contributed by atoms with van der Waals surface area (Å²) in [6.45, 7) is 4.41. The molecule has 0 saturated heterocycles. The van der Waals surface area contributed by atoms with Gasteiger partial charge >= 0.3 is 0 Å². The van der Waals surface area contributed by atoms with E-state index in [1.54, 1.807) is 22.7 Å². The van der Waals surface area contributed by atoms with Crippen molar-refractivity contribution < 1.29 is 9.84 Å². The highest BCUT2D eigenvalue weighted by Crippen LogP contribution is 2.14. The second kappa shape index (κ2) is 7.77. The Labute approximate surface area is 121 Å². The number of hydrogen-bond donors (Lipinski definition) is 2. The van der Waals surface area contributed by atoms with Crippen LogP contribution in [0.1, 0.15) is 14.6 Å². The Balaban J connectivity index is 1.55. The van der Waals surface area contributed by atoms with Crippen molar-refractivity contribution in [2.24, 2.45) is 0 Å². The molecule has 2 aromatic heterocycles. The summed E-state index contributed by atoms with van der Waals surface area (Å²) in [6.07, 6.45) is -0.457. The monoisotopic (exact) mass is 297 g/mol. The van der Waals surface area contributed by atoms with Crippen LogP contribution in [0.5, 0.6) is 0 Å². The number of thiophene rings is 2. The van der Waals surface area contributed by atoms with E-state index in [-0.39, 0.29) is 0 Å². The summed E-state index contributed by atoms with van der Waals surface area (Å²) >= 11 is 3.45. The van der Waals surface area contributed by atoms with Crippen LogP contribution in [-0.2, 0) is 17.9 Å². The van der Waals surface area contributed by atoms with Gasteiger partial charge in [-0.25, -0.2) is 0 Å².